The van der Waals surface area contributed by atoms with Crippen LogP contribution in [0.4, 0.5) is 0 Å². The molecule has 0 aliphatic heterocycles. The molecular formula is C12H12ClN3O2. The molecule has 94 valence electrons. The van der Waals surface area contributed by atoms with Crippen LogP contribution in [-0.2, 0) is 11.3 Å². The van der Waals surface area contributed by atoms with E-state index in [2.05, 4.69) is 16.9 Å². The molecule has 0 saturated carbocycles. The van der Waals surface area contributed by atoms with Crippen molar-refractivity contribution in [1.82, 2.24) is 14.9 Å². The first kappa shape index (κ1) is 12.4. The summed E-state index contributed by atoms with van der Waals surface area (Å²) in [7, 11) is 0. The molecule has 2 aromatic rings. The minimum atomic E-state index is -0.258. The van der Waals surface area contributed by atoms with Gasteiger partial charge in [-0.15, -0.1) is 0 Å². The van der Waals surface area contributed by atoms with Gasteiger partial charge in [0.2, 0.25) is 5.91 Å². The van der Waals surface area contributed by atoms with Gasteiger partial charge in [0.05, 0.1) is 11.0 Å². The SMILES string of the molecule is C=CC(=O)NCCn1c(=O)[nH]c2cc(Cl)ccc21. The van der Waals surface area contributed by atoms with Gasteiger partial charge in [-0.3, -0.25) is 9.36 Å². The summed E-state index contributed by atoms with van der Waals surface area (Å²) in [6.45, 7) is 4.10. The first-order chi connectivity index (χ1) is 8.61. The third-order valence-corrected chi connectivity index (χ3v) is 2.79. The first-order valence-electron chi connectivity index (χ1n) is 5.40. The zero-order chi connectivity index (χ0) is 13.1. The number of H-pyrrole nitrogens is 1. The van der Waals surface area contributed by atoms with Gasteiger partial charge in [0.1, 0.15) is 0 Å². The zero-order valence-electron chi connectivity index (χ0n) is 9.57. The predicted molar refractivity (Wildman–Crippen MR) is 70.8 cm³/mol. The molecule has 0 radical (unpaired) electrons. The standard InChI is InChI=1S/C12H12ClN3O2/c1-2-11(17)14-5-6-16-10-4-3-8(13)7-9(10)15-12(16)18/h2-4,7H,1,5-6H2,(H,14,17)(H,15,18). The molecule has 1 aromatic carbocycles. The number of benzene rings is 1. The van der Waals surface area contributed by atoms with Gasteiger partial charge >= 0.3 is 5.69 Å². The number of nitrogens with one attached hydrogen (secondary N) is 2. The number of carbonyl (C=O) groups is 1. The Hall–Kier alpha value is -2.01. The van der Waals surface area contributed by atoms with Crippen molar-refractivity contribution < 1.29 is 4.79 Å². The fraction of sp³-hybridized carbons (Fsp3) is 0.167. The molecule has 6 heteroatoms. The van der Waals surface area contributed by atoms with Crippen molar-refractivity contribution in [1.29, 1.82) is 0 Å². The van der Waals surface area contributed by atoms with Crippen LogP contribution in [0.2, 0.25) is 5.02 Å². The minimum Gasteiger partial charge on any atom is -0.351 e. The maximum absolute atomic E-state index is 11.7. The Labute approximate surface area is 108 Å². The third-order valence-electron chi connectivity index (χ3n) is 2.56. The van der Waals surface area contributed by atoms with Crippen molar-refractivity contribution in [3.63, 3.8) is 0 Å². The van der Waals surface area contributed by atoms with Crippen molar-refractivity contribution in [3.05, 3.63) is 46.4 Å². The van der Waals surface area contributed by atoms with Gasteiger partial charge in [0, 0.05) is 18.1 Å². The Bertz CT molecular complexity index is 657. The summed E-state index contributed by atoms with van der Waals surface area (Å²) in [5, 5.41) is 3.18. The summed E-state index contributed by atoms with van der Waals surface area (Å²) in [5.41, 5.74) is 1.22. The number of halogens is 1. The second-order valence-electron chi connectivity index (χ2n) is 3.74. The topological polar surface area (TPSA) is 66.9 Å². The van der Waals surface area contributed by atoms with Crippen LogP contribution in [0, 0.1) is 0 Å². The smallest absolute Gasteiger partial charge is 0.326 e. The van der Waals surface area contributed by atoms with Crippen LogP contribution in [0.5, 0.6) is 0 Å². The van der Waals surface area contributed by atoms with Crippen molar-refractivity contribution in [3.8, 4) is 0 Å². The maximum atomic E-state index is 11.7. The van der Waals surface area contributed by atoms with Crippen LogP contribution >= 0.6 is 11.6 Å². The fourth-order valence-electron chi connectivity index (χ4n) is 1.72. The summed E-state index contributed by atoms with van der Waals surface area (Å²) < 4.78 is 1.55. The highest BCUT2D eigenvalue weighted by molar-refractivity contribution is 6.31. The van der Waals surface area contributed by atoms with Crippen LogP contribution in [-0.4, -0.2) is 22.0 Å². The Kier molecular flexibility index (Phi) is 3.53. The summed E-state index contributed by atoms with van der Waals surface area (Å²) in [6, 6.07) is 5.18. The lowest BCUT2D eigenvalue weighted by Gasteiger charge is -2.04. The molecule has 0 spiro atoms. The van der Waals surface area contributed by atoms with Gasteiger partial charge in [-0.25, -0.2) is 4.79 Å². The molecule has 1 amide bonds. The van der Waals surface area contributed by atoms with Gasteiger partial charge < -0.3 is 10.3 Å². The fourth-order valence-corrected chi connectivity index (χ4v) is 1.89. The molecule has 18 heavy (non-hydrogen) atoms. The number of aromatic nitrogens is 2. The summed E-state index contributed by atoms with van der Waals surface area (Å²) in [6.07, 6.45) is 1.19. The van der Waals surface area contributed by atoms with E-state index in [1.807, 2.05) is 0 Å². The highest BCUT2D eigenvalue weighted by Crippen LogP contribution is 2.16. The lowest BCUT2D eigenvalue weighted by atomic mass is 10.3. The lowest BCUT2D eigenvalue weighted by Crippen LogP contribution is -2.28. The number of hydrogen-bond donors (Lipinski definition) is 2. The lowest BCUT2D eigenvalue weighted by molar-refractivity contribution is -0.116. The molecule has 0 saturated heterocycles. The average molecular weight is 266 g/mol. The molecule has 0 fully saturated rings. The van der Waals surface area contributed by atoms with E-state index in [0.29, 0.717) is 23.6 Å². The average Bonchev–Trinajstić information content (AvgIpc) is 2.64. The molecule has 0 unspecified atom stereocenters. The summed E-state index contributed by atoms with van der Waals surface area (Å²) in [4.78, 5) is 25.4. The second kappa shape index (κ2) is 5.10. The number of fused-ring (bicyclic) bond motifs is 1. The van der Waals surface area contributed by atoms with Gasteiger partial charge in [-0.05, 0) is 24.3 Å². The summed E-state index contributed by atoms with van der Waals surface area (Å²) >= 11 is 5.85. The quantitative estimate of drug-likeness (QED) is 0.818. The van der Waals surface area contributed by atoms with Crippen LogP contribution in [0.25, 0.3) is 11.0 Å². The largest absolute Gasteiger partial charge is 0.351 e. The monoisotopic (exact) mass is 265 g/mol. The summed E-state index contributed by atoms with van der Waals surface area (Å²) in [5.74, 6) is -0.258. The second-order valence-corrected chi connectivity index (χ2v) is 4.17. The molecule has 1 heterocycles. The van der Waals surface area contributed by atoms with E-state index in [4.69, 9.17) is 11.6 Å². The van der Waals surface area contributed by atoms with Gasteiger partial charge in [-0.1, -0.05) is 18.2 Å². The molecule has 0 bridgehead atoms. The maximum Gasteiger partial charge on any atom is 0.326 e. The number of nitrogens with zero attached hydrogens (tertiary/aromatic N) is 1. The Morgan fingerprint density at radius 1 is 1.56 bits per heavy atom. The van der Waals surface area contributed by atoms with E-state index in [-0.39, 0.29) is 11.6 Å². The number of hydrogen-bond acceptors (Lipinski definition) is 2. The van der Waals surface area contributed by atoms with Crippen molar-refractivity contribution >= 4 is 28.5 Å². The molecule has 2 N–H and O–H groups in total. The van der Waals surface area contributed by atoms with E-state index in [1.165, 1.54) is 6.08 Å². The molecule has 2 rings (SSSR count). The van der Waals surface area contributed by atoms with E-state index in [0.717, 1.165) is 5.52 Å². The van der Waals surface area contributed by atoms with Crippen molar-refractivity contribution in [2.75, 3.05) is 6.54 Å². The molecule has 0 aliphatic rings. The molecule has 1 aromatic heterocycles. The van der Waals surface area contributed by atoms with E-state index < -0.39 is 0 Å². The molecule has 0 atom stereocenters. The highest BCUT2D eigenvalue weighted by atomic mass is 35.5. The molecule has 0 aliphatic carbocycles. The normalized spacial score (nSPS) is 10.5. The number of rotatable bonds is 4. The Balaban J connectivity index is 2.22. The number of aromatic amines is 1. The van der Waals surface area contributed by atoms with Gasteiger partial charge in [0.25, 0.3) is 0 Å². The highest BCUT2D eigenvalue weighted by Gasteiger charge is 2.06. The van der Waals surface area contributed by atoms with E-state index >= 15 is 0 Å². The van der Waals surface area contributed by atoms with Crippen LogP contribution in [0.3, 0.4) is 0 Å². The van der Waals surface area contributed by atoms with Crippen molar-refractivity contribution in [2.24, 2.45) is 0 Å². The van der Waals surface area contributed by atoms with Crippen LogP contribution in [0.1, 0.15) is 0 Å². The zero-order valence-corrected chi connectivity index (χ0v) is 10.3. The van der Waals surface area contributed by atoms with Gasteiger partial charge in [-0.2, -0.15) is 0 Å². The third kappa shape index (κ3) is 2.46. The van der Waals surface area contributed by atoms with Crippen LogP contribution in [0.15, 0.2) is 35.6 Å². The minimum absolute atomic E-state index is 0.222. The Morgan fingerprint density at radius 3 is 3.06 bits per heavy atom. The van der Waals surface area contributed by atoms with E-state index in [1.54, 1.807) is 22.8 Å². The van der Waals surface area contributed by atoms with Crippen LogP contribution < -0.4 is 11.0 Å². The van der Waals surface area contributed by atoms with Crippen molar-refractivity contribution in [2.45, 2.75) is 6.54 Å². The van der Waals surface area contributed by atoms with Gasteiger partial charge in [0.15, 0.2) is 0 Å². The first-order valence-corrected chi connectivity index (χ1v) is 5.78. The predicted octanol–water partition coefficient (Wildman–Crippen LogP) is 1.29. The molecular weight excluding hydrogens is 254 g/mol. The number of imidazole rings is 1. The Morgan fingerprint density at radius 2 is 2.33 bits per heavy atom. The number of amides is 1. The molecule has 5 nitrogen and oxygen atoms in total. The number of carbonyl (C=O) groups excluding carboxylic acids is 1. The van der Waals surface area contributed by atoms with E-state index in [9.17, 15) is 9.59 Å².